The summed E-state index contributed by atoms with van der Waals surface area (Å²) in [5.74, 6) is -0.881. The second-order valence-electron chi connectivity index (χ2n) is 6.60. The van der Waals surface area contributed by atoms with Crippen LogP contribution in [0, 0.1) is 5.82 Å². The fraction of sp³-hybridized carbons (Fsp3) is 0.412. The number of rotatable bonds is 7. The van der Waals surface area contributed by atoms with Crippen LogP contribution in [0.5, 0.6) is 0 Å². The molecule has 9 nitrogen and oxygen atoms in total. The van der Waals surface area contributed by atoms with Crippen molar-refractivity contribution in [3.05, 3.63) is 29.0 Å². The van der Waals surface area contributed by atoms with Gasteiger partial charge in [-0.05, 0) is 18.2 Å². The molecule has 1 aliphatic rings. The Bertz CT molecular complexity index is 1040. The van der Waals surface area contributed by atoms with Gasteiger partial charge >= 0.3 is 6.09 Å². The van der Waals surface area contributed by atoms with E-state index in [9.17, 15) is 22.4 Å². The van der Waals surface area contributed by atoms with Gasteiger partial charge in [0.05, 0.1) is 24.5 Å². The first kappa shape index (κ1) is 21.1. The summed E-state index contributed by atoms with van der Waals surface area (Å²) in [5.41, 5.74) is 0.530. The zero-order chi connectivity index (χ0) is 21.2. The van der Waals surface area contributed by atoms with E-state index in [-0.39, 0.29) is 36.7 Å². The van der Waals surface area contributed by atoms with E-state index in [1.807, 2.05) is 0 Å². The number of carbonyl (C=O) groups is 2. The van der Waals surface area contributed by atoms with Gasteiger partial charge < -0.3 is 10.1 Å². The number of aryl methyl sites for hydroxylation is 1. The SMILES string of the molecule is CC(=O)NCC1CN(c2ccc(-c3nnc(CCS(C)(=O)=O)s3)c(F)c2)C(=O)O1. The van der Waals surface area contributed by atoms with Crippen molar-refractivity contribution in [2.75, 3.05) is 30.0 Å². The molecule has 2 heterocycles. The average molecular weight is 442 g/mol. The number of benzene rings is 1. The zero-order valence-electron chi connectivity index (χ0n) is 15.7. The van der Waals surface area contributed by atoms with E-state index in [0.717, 1.165) is 17.6 Å². The van der Waals surface area contributed by atoms with Crippen molar-refractivity contribution in [2.24, 2.45) is 0 Å². The van der Waals surface area contributed by atoms with E-state index in [1.165, 1.54) is 24.0 Å². The van der Waals surface area contributed by atoms with E-state index < -0.39 is 27.9 Å². The Balaban J connectivity index is 1.71. The van der Waals surface area contributed by atoms with Gasteiger partial charge in [-0.15, -0.1) is 10.2 Å². The number of carbonyl (C=O) groups excluding carboxylic acids is 2. The van der Waals surface area contributed by atoms with Gasteiger partial charge in [0.2, 0.25) is 5.91 Å². The molecule has 2 amide bonds. The van der Waals surface area contributed by atoms with Crippen LogP contribution in [0.4, 0.5) is 14.9 Å². The highest BCUT2D eigenvalue weighted by Gasteiger charge is 2.32. The van der Waals surface area contributed by atoms with Gasteiger partial charge in [-0.3, -0.25) is 9.69 Å². The van der Waals surface area contributed by atoms with Crippen molar-refractivity contribution in [3.8, 4) is 10.6 Å². The Hall–Kier alpha value is -2.60. The summed E-state index contributed by atoms with van der Waals surface area (Å²) in [6.07, 6.45) is 0.212. The minimum absolute atomic E-state index is 0.0558. The van der Waals surface area contributed by atoms with E-state index in [2.05, 4.69) is 15.5 Å². The topological polar surface area (TPSA) is 119 Å². The van der Waals surface area contributed by atoms with Crippen molar-refractivity contribution < 1.29 is 27.1 Å². The maximum Gasteiger partial charge on any atom is 0.414 e. The highest BCUT2D eigenvalue weighted by Crippen LogP contribution is 2.30. The molecular weight excluding hydrogens is 423 g/mol. The number of cyclic esters (lactones) is 1. The fourth-order valence-electron chi connectivity index (χ4n) is 2.68. The number of hydrogen-bond donors (Lipinski definition) is 1. The molecule has 1 saturated heterocycles. The molecular formula is C17H19FN4O5S2. The predicted octanol–water partition coefficient (Wildman–Crippen LogP) is 1.39. The molecule has 12 heteroatoms. The van der Waals surface area contributed by atoms with Gasteiger partial charge in [-0.1, -0.05) is 11.3 Å². The number of ether oxygens (including phenoxy) is 1. The Morgan fingerprint density at radius 2 is 2.17 bits per heavy atom. The number of sulfone groups is 1. The highest BCUT2D eigenvalue weighted by atomic mass is 32.2. The van der Waals surface area contributed by atoms with Gasteiger partial charge in [-0.25, -0.2) is 17.6 Å². The molecule has 0 bridgehead atoms. The molecule has 1 aromatic carbocycles. The van der Waals surface area contributed by atoms with E-state index in [4.69, 9.17) is 4.74 Å². The number of nitrogens with zero attached hydrogens (tertiary/aromatic N) is 3. The Morgan fingerprint density at radius 3 is 2.83 bits per heavy atom. The first-order valence-corrected chi connectivity index (χ1v) is 11.5. The molecule has 1 N–H and O–H groups in total. The normalized spacial score (nSPS) is 16.7. The molecule has 1 aliphatic heterocycles. The van der Waals surface area contributed by atoms with Gasteiger partial charge in [0.25, 0.3) is 0 Å². The summed E-state index contributed by atoms with van der Waals surface area (Å²) in [6.45, 7) is 1.73. The lowest BCUT2D eigenvalue weighted by molar-refractivity contribution is -0.119. The number of hydrogen-bond acceptors (Lipinski definition) is 8. The summed E-state index contributed by atoms with van der Waals surface area (Å²) in [5, 5.41) is 11.2. The van der Waals surface area contributed by atoms with Crippen LogP contribution in [0.2, 0.25) is 0 Å². The highest BCUT2D eigenvalue weighted by molar-refractivity contribution is 7.90. The Kier molecular flexibility index (Phi) is 6.13. The van der Waals surface area contributed by atoms with E-state index in [0.29, 0.717) is 15.7 Å². The first-order chi connectivity index (χ1) is 13.6. The van der Waals surface area contributed by atoms with Crippen LogP contribution in [0.25, 0.3) is 10.6 Å². The van der Waals surface area contributed by atoms with Crippen molar-refractivity contribution in [1.29, 1.82) is 0 Å². The van der Waals surface area contributed by atoms with Crippen molar-refractivity contribution >= 4 is 38.9 Å². The number of halogens is 1. The summed E-state index contributed by atoms with van der Waals surface area (Å²) < 4.78 is 42.3. The number of anilines is 1. The fourth-order valence-corrected chi connectivity index (χ4v) is 4.24. The zero-order valence-corrected chi connectivity index (χ0v) is 17.3. The number of amides is 2. The molecule has 0 aliphatic carbocycles. The van der Waals surface area contributed by atoms with E-state index >= 15 is 0 Å². The molecule has 0 radical (unpaired) electrons. The molecule has 2 aromatic rings. The summed E-state index contributed by atoms with van der Waals surface area (Å²) in [6, 6.07) is 4.26. The second kappa shape index (κ2) is 8.41. The molecule has 156 valence electrons. The quantitative estimate of drug-likeness (QED) is 0.688. The largest absolute Gasteiger partial charge is 0.442 e. The molecule has 1 atom stereocenters. The lowest BCUT2D eigenvalue weighted by atomic mass is 10.2. The van der Waals surface area contributed by atoms with Crippen LogP contribution < -0.4 is 10.2 Å². The molecule has 1 aromatic heterocycles. The third kappa shape index (κ3) is 5.48. The van der Waals surface area contributed by atoms with Gasteiger partial charge in [0.1, 0.15) is 26.8 Å². The van der Waals surface area contributed by atoms with Gasteiger partial charge in [0.15, 0.2) is 5.01 Å². The van der Waals surface area contributed by atoms with Crippen LogP contribution in [0.3, 0.4) is 0 Å². The Morgan fingerprint density at radius 1 is 1.41 bits per heavy atom. The van der Waals surface area contributed by atoms with Crippen LogP contribution in [0.15, 0.2) is 18.2 Å². The third-order valence-corrected chi connectivity index (χ3v) is 6.06. The van der Waals surface area contributed by atoms with Crippen molar-refractivity contribution in [2.45, 2.75) is 19.4 Å². The number of nitrogens with one attached hydrogen (secondary N) is 1. The smallest absolute Gasteiger partial charge is 0.414 e. The summed E-state index contributed by atoms with van der Waals surface area (Å²) in [7, 11) is -3.13. The minimum Gasteiger partial charge on any atom is -0.442 e. The summed E-state index contributed by atoms with van der Waals surface area (Å²) >= 11 is 1.12. The maximum atomic E-state index is 14.7. The van der Waals surface area contributed by atoms with Crippen LogP contribution >= 0.6 is 11.3 Å². The van der Waals surface area contributed by atoms with Crippen molar-refractivity contribution in [1.82, 2.24) is 15.5 Å². The molecule has 29 heavy (non-hydrogen) atoms. The summed E-state index contributed by atoms with van der Waals surface area (Å²) in [4.78, 5) is 24.3. The number of aromatic nitrogens is 2. The molecule has 1 unspecified atom stereocenters. The van der Waals surface area contributed by atoms with Crippen LogP contribution in [-0.2, 0) is 25.8 Å². The van der Waals surface area contributed by atoms with Gasteiger partial charge in [0, 0.05) is 25.2 Å². The monoisotopic (exact) mass is 442 g/mol. The predicted molar refractivity (Wildman–Crippen MR) is 105 cm³/mol. The molecule has 0 spiro atoms. The van der Waals surface area contributed by atoms with Crippen LogP contribution in [-0.4, -0.2) is 61.8 Å². The molecule has 3 rings (SSSR count). The lowest BCUT2D eigenvalue weighted by Gasteiger charge is -2.14. The standard InChI is InChI=1S/C17H19FN4O5S2/c1-10(23)19-8-12-9-22(17(24)27-12)11-3-4-13(14(18)7-11)16-21-20-15(28-16)5-6-29(2,25)26/h3-4,7,12H,5-6,8-9H2,1-2H3,(H,19,23). The maximum absolute atomic E-state index is 14.7. The van der Waals surface area contributed by atoms with Crippen LogP contribution in [0.1, 0.15) is 11.9 Å². The minimum atomic E-state index is -3.13. The lowest BCUT2D eigenvalue weighted by Crippen LogP contribution is -2.33. The molecule has 1 fully saturated rings. The average Bonchev–Trinajstić information content (AvgIpc) is 3.24. The third-order valence-electron chi connectivity index (χ3n) is 4.10. The second-order valence-corrected chi connectivity index (χ2v) is 9.92. The first-order valence-electron chi connectivity index (χ1n) is 8.65. The Labute approximate surface area is 170 Å². The van der Waals surface area contributed by atoms with Crippen molar-refractivity contribution in [3.63, 3.8) is 0 Å². The van der Waals surface area contributed by atoms with Gasteiger partial charge in [-0.2, -0.15) is 0 Å². The van der Waals surface area contributed by atoms with E-state index in [1.54, 1.807) is 6.07 Å². The molecule has 0 saturated carbocycles.